The summed E-state index contributed by atoms with van der Waals surface area (Å²) in [6, 6.07) is 55.5. The number of fused-ring (bicyclic) bond motifs is 3. The maximum atomic E-state index is 2.41. The summed E-state index contributed by atoms with van der Waals surface area (Å²) in [5.41, 5.74) is 20.3. The Morgan fingerprint density at radius 3 is 1.53 bits per heavy atom. The van der Waals surface area contributed by atoms with Crippen LogP contribution in [0.25, 0.3) is 50.1 Å². The molecule has 0 aliphatic heterocycles. The van der Waals surface area contributed by atoms with Gasteiger partial charge in [0.25, 0.3) is 0 Å². The van der Waals surface area contributed by atoms with E-state index in [1.54, 1.807) is 0 Å². The van der Waals surface area contributed by atoms with E-state index in [2.05, 4.69) is 159 Å². The summed E-state index contributed by atoms with van der Waals surface area (Å²) >= 11 is 0. The summed E-state index contributed by atoms with van der Waals surface area (Å²) in [6.07, 6.45) is 1.88. The average Bonchev–Trinajstić information content (AvgIpc) is 3.62. The molecule has 0 spiro atoms. The van der Waals surface area contributed by atoms with Crippen LogP contribution in [0, 0.1) is 0 Å². The van der Waals surface area contributed by atoms with Crippen LogP contribution in [0.3, 0.4) is 0 Å². The standard InChI is InChI=1S/C43H32/c1-29-26-40(42(33-20-12-5-13-21-33)41(29)32-18-10-4-11-19-32)43-37(31-16-8-3-9-17-31)24-25-38-36-23-22-34(27-35(36)28-39(38)43)30-14-6-2-7-15-30/h2-25,27H,26,28H2,1H3. The molecule has 0 amide bonds. The molecule has 0 saturated heterocycles. The lowest BCUT2D eigenvalue weighted by Gasteiger charge is -2.20. The van der Waals surface area contributed by atoms with Crippen LogP contribution in [0.4, 0.5) is 0 Å². The fourth-order valence-electron chi connectivity index (χ4n) is 7.23. The highest BCUT2D eigenvalue weighted by atomic mass is 14.3. The molecule has 2 aliphatic carbocycles. The topological polar surface area (TPSA) is 0 Å². The minimum absolute atomic E-state index is 0.937. The van der Waals surface area contributed by atoms with Crippen molar-refractivity contribution in [2.45, 2.75) is 19.8 Å². The summed E-state index contributed by atoms with van der Waals surface area (Å²) < 4.78 is 0. The zero-order valence-corrected chi connectivity index (χ0v) is 24.3. The maximum Gasteiger partial charge on any atom is -0.000695 e. The van der Waals surface area contributed by atoms with Gasteiger partial charge in [0.15, 0.2) is 0 Å². The first-order chi connectivity index (χ1) is 21.3. The molecule has 0 aromatic heterocycles. The smallest absolute Gasteiger partial charge is 0.000695 e. The van der Waals surface area contributed by atoms with E-state index in [4.69, 9.17) is 0 Å². The van der Waals surface area contributed by atoms with Crippen molar-refractivity contribution in [3.8, 4) is 33.4 Å². The van der Waals surface area contributed by atoms with Gasteiger partial charge in [-0.15, -0.1) is 0 Å². The molecule has 0 heterocycles. The van der Waals surface area contributed by atoms with Gasteiger partial charge < -0.3 is 0 Å². The lowest BCUT2D eigenvalue weighted by Crippen LogP contribution is -1.99. The van der Waals surface area contributed by atoms with Gasteiger partial charge >= 0.3 is 0 Å². The van der Waals surface area contributed by atoms with Crippen LogP contribution in [0.2, 0.25) is 0 Å². The highest BCUT2D eigenvalue weighted by molar-refractivity contribution is 6.21. The van der Waals surface area contributed by atoms with E-state index >= 15 is 0 Å². The Hall–Kier alpha value is -5.20. The SMILES string of the molecule is CC1=C(c2ccccc2)C(c2ccccc2)=C(c2c(-c3ccccc3)ccc3c2Cc2cc(-c4ccccc4)ccc2-3)C1. The Kier molecular flexibility index (Phi) is 6.27. The third-order valence-corrected chi connectivity index (χ3v) is 9.11. The lowest BCUT2D eigenvalue weighted by molar-refractivity contribution is 1.21. The van der Waals surface area contributed by atoms with Gasteiger partial charge in [-0.2, -0.15) is 0 Å². The summed E-state index contributed by atoms with van der Waals surface area (Å²) in [5, 5.41) is 0. The summed E-state index contributed by atoms with van der Waals surface area (Å²) in [6.45, 7) is 2.32. The third-order valence-electron chi connectivity index (χ3n) is 9.11. The highest BCUT2D eigenvalue weighted by Crippen LogP contribution is 2.53. The Morgan fingerprint density at radius 1 is 0.395 bits per heavy atom. The average molecular weight is 549 g/mol. The predicted octanol–water partition coefficient (Wildman–Crippen LogP) is 11.4. The number of benzene rings is 6. The van der Waals surface area contributed by atoms with Crippen LogP contribution in [0.5, 0.6) is 0 Å². The van der Waals surface area contributed by atoms with Gasteiger partial charge in [-0.3, -0.25) is 0 Å². The van der Waals surface area contributed by atoms with Crippen molar-refractivity contribution in [1.29, 1.82) is 0 Å². The van der Waals surface area contributed by atoms with Gasteiger partial charge in [-0.25, -0.2) is 0 Å². The van der Waals surface area contributed by atoms with Gasteiger partial charge in [0.2, 0.25) is 0 Å². The molecule has 6 aromatic carbocycles. The first-order valence-corrected chi connectivity index (χ1v) is 15.2. The second kappa shape index (κ2) is 10.6. The fourth-order valence-corrected chi connectivity index (χ4v) is 7.23. The molecule has 0 radical (unpaired) electrons. The summed E-state index contributed by atoms with van der Waals surface area (Å²) in [4.78, 5) is 0. The van der Waals surface area contributed by atoms with Crippen molar-refractivity contribution in [2.24, 2.45) is 0 Å². The van der Waals surface area contributed by atoms with E-state index in [0.717, 1.165) is 12.8 Å². The van der Waals surface area contributed by atoms with E-state index in [1.807, 2.05) is 0 Å². The Morgan fingerprint density at radius 2 is 0.907 bits per heavy atom. The van der Waals surface area contributed by atoms with E-state index in [1.165, 1.54) is 83.5 Å². The monoisotopic (exact) mass is 548 g/mol. The molecule has 0 unspecified atom stereocenters. The molecule has 43 heavy (non-hydrogen) atoms. The fraction of sp³-hybridized carbons (Fsp3) is 0.0698. The Labute approximate surface area is 254 Å². The van der Waals surface area contributed by atoms with Crippen molar-refractivity contribution < 1.29 is 0 Å². The summed E-state index contributed by atoms with van der Waals surface area (Å²) in [7, 11) is 0. The largest absolute Gasteiger partial charge is 0.0622 e. The highest BCUT2D eigenvalue weighted by Gasteiger charge is 2.31. The Bertz CT molecular complexity index is 2030. The van der Waals surface area contributed by atoms with E-state index in [-0.39, 0.29) is 0 Å². The van der Waals surface area contributed by atoms with E-state index in [0.29, 0.717) is 0 Å². The van der Waals surface area contributed by atoms with Crippen LogP contribution in [-0.4, -0.2) is 0 Å². The van der Waals surface area contributed by atoms with Crippen molar-refractivity contribution >= 4 is 16.7 Å². The normalized spacial score (nSPS) is 13.8. The summed E-state index contributed by atoms with van der Waals surface area (Å²) in [5.74, 6) is 0. The zero-order valence-electron chi connectivity index (χ0n) is 24.3. The molecule has 0 fully saturated rings. The minimum Gasteiger partial charge on any atom is -0.0622 e. The number of hydrogen-bond donors (Lipinski definition) is 0. The molecule has 0 nitrogen and oxygen atoms in total. The first-order valence-electron chi connectivity index (χ1n) is 15.2. The van der Waals surface area contributed by atoms with E-state index < -0.39 is 0 Å². The molecule has 0 heteroatoms. The maximum absolute atomic E-state index is 2.41. The van der Waals surface area contributed by atoms with Gasteiger partial charge in [-0.05, 0) is 97.7 Å². The number of allylic oxidation sites excluding steroid dienone is 4. The predicted molar refractivity (Wildman–Crippen MR) is 182 cm³/mol. The molecule has 0 saturated carbocycles. The second-order valence-electron chi connectivity index (χ2n) is 11.7. The molecule has 2 aliphatic rings. The number of hydrogen-bond acceptors (Lipinski definition) is 0. The Balaban J connectivity index is 1.38. The van der Waals surface area contributed by atoms with Crippen molar-refractivity contribution in [2.75, 3.05) is 0 Å². The van der Waals surface area contributed by atoms with Crippen molar-refractivity contribution in [3.05, 3.63) is 185 Å². The van der Waals surface area contributed by atoms with Crippen molar-refractivity contribution in [1.82, 2.24) is 0 Å². The molecular weight excluding hydrogens is 516 g/mol. The molecule has 8 rings (SSSR count). The van der Waals surface area contributed by atoms with Crippen LogP contribution in [0.15, 0.2) is 157 Å². The molecular formula is C43H32. The van der Waals surface area contributed by atoms with Crippen LogP contribution >= 0.6 is 0 Å². The molecule has 0 atom stereocenters. The van der Waals surface area contributed by atoms with Gasteiger partial charge in [0.05, 0.1) is 0 Å². The molecule has 6 aromatic rings. The molecule has 0 N–H and O–H groups in total. The third kappa shape index (κ3) is 4.39. The lowest BCUT2D eigenvalue weighted by atomic mass is 9.83. The van der Waals surface area contributed by atoms with Crippen LogP contribution < -0.4 is 0 Å². The second-order valence-corrected chi connectivity index (χ2v) is 11.7. The van der Waals surface area contributed by atoms with Gasteiger partial charge in [0, 0.05) is 0 Å². The first kappa shape index (κ1) is 25.5. The number of rotatable bonds is 5. The molecule has 0 bridgehead atoms. The van der Waals surface area contributed by atoms with Crippen molar-refractivity contribution in [3.63, 3.8) is 0 Å². The van der Waals surface area contributed by atoms with Gasteiger partial charge in [-0.1, -0.05) is 157 Å². The van der Waals surface area contributed by atoms with Gasteiger partial charge in [0.1, 0.15) is 0 Å². The minimum atomic E-state index is 0.937. The quantitative estimate of drug-likeness (QED) is 0.201. The molecule has 204 valence electrons. The zero-order chi connectivity index (χ0) is 28.8. The van der Waals surface area contributed by atoms with E-state index in [9.17, 15) is 0 Å². The van der Waals surface area contributed by atoms with Crippen LogP contribution in [-0.2, 0) is 6.42 Å². The van der Waals surface area contributed by atoms with Crippen LogP contribution in [0.1, 0.15) is 41.2 Å².